The Balaban J connectivity index is 2.13. The van der Waals surface area contributed by atoms with Gasteiger partial charge in [0, 0.05) is 5.56 Å². The maximum Gasteiger partial charge on any atom is 0.573 e. The van der Waals surface area contributed by atoms with Crippen LogP contribution in [0.5, 0.6) is 5.75 Å². The van der Waals surface area contributed by atoms with Gasteiger partial charge >= 0.3 is 6.36 Å². The van der Waals surface area contributed by atoms with E-state index in [0.717, 1.165) is 24.3 Å². The Hall–Kier alpha value is -3.59. The van der Waals surface area contributed by atoms with Crippen LogP contribution in [-0.2, 0) is 20.4 Å². The number of alkyl halides is 3. The standard InChI is InChI=1S/C20H18F3N3O5S/c21-20(22,23)31-16-8-6-14(7-9-16)12-32(29,30)13-17(19(28)25-11-10-24)26-18(27)15-4-2-1-3-5-15/h1-9,17H,11-13H2,(H,25,28)(H,26,27). The van der Waals surface area contributed by atoms with E-state index in [9.17, 15) is 31.2 Å². The van der Waals surface area contributed by atoms with Crippen LogP contribution in [-0.4, -0.2) is 44.9 Å². The third kappa shape index (κ3) is 8.27. The minimum atomic E-state index is -4.88. The van der Waals surface area contributed by atoms with E-state index in [-0.39, 0.29) is 11.1 Å². The van der Waals surface area contributed by atoms with Crippen molar-refractivity contribution in [1.29, 1.82) is 5.26 Å². The van der Waals surface area contributed by atoms with Crippen molar-refractivity contribution < 1.29 is 35.9 Å². The largest absolute Gasteiger partial charge is 0.573 e. The first-order chi connectivity index (χ1) is 15.0. The van der Waals surface area contributed by atoms with Gasteiger partial charge in [-0.25, -0.2) is 8.42 Å². The van der Waals surface area contributed by atoms with Crippen molar-refractivity contribution in [3.8, 4) is 11.8 Å². The van der Waals surface area contributed by atoms with E-state index >= 15 is 0 Å². The van der Waals surface area contributed by atoms with Crippen molar-refractivity contribution in [3.63, 3.8) is 0 Å². The van der Waals surface area contributed by atoms with Gasteiger partial charge in [0.25, 0.3) is 5.91 Å². The lowest BCUT2D eigenvalue weighted by Crippen LogP contribution is -2.50. The van der Waals surface area contributed by atoms with Crippen LogP contribution in [0.1, 0.15) is 15.9 Å². The van der Waals surface area contributed by atoms with E-state index in [2.05, 4.69) is 15.4 Å². The Kier molecular flexibility index (Phi) is 8.20. The van der Waals surface area contributed by atoms with Gasteiger partial charge in [-0.1, -0.05) is 30.3 Å². The minimum absolute atomic E-state index is 0.157. The lowest BCUT2D eigenvalue weighted by atomic mass is 10.2. The zero-order valence-corrected chi connectivity index (χ0v) is 17.2. The average Bonchev–Trinajstić information content (AvgIpc) is 2.72. The van der Waals surface area contributed by atoms with Crippen LogP contribution in [0.15, 0.2) is 54.6 Å². The number of carbonyl (C=O) groups excluding carboxylic acids is 2. The summed E-state index contributed by atoms with van der Waals surface area (Å²) >= 11 is 0. The second-order valence-electron chi connectivity index (χ2n) is 6.51. The van der Waals surface area contributed by atoms with Gasteiger partial charge in [0.15, 0.2) is 9.84 Å². The number of nitrogens with one attached hydrogen (secondary N) is 2. The number of hydrogen-bond donors (Lipinski definition) is 2. The molecule has 0 saturated heterocycles. The van der Waals surface area contributed by atoms with Gasteiger partial charge in [0.1, 0.15) is 18.3 Å². The predicted molar refractivity (Wildman–Crippen MR) is 107 cm³/mol. The molecule has 2 rings (SSSR count). The number of halogens is 3. The number of nitrogens with zero attached hydrogens (tertiary/aromatic N) is 1. The molecule has 0 spiro atoms. The quantitative estimate of drug-likeness (QED) is 0.541. The molecular weight excluding hydrogens is 451 g/mol. The monoisotopic (exact) mass is 469 g/mol. The average molecular weight is 469 g/mol. The van der Waals surface area contributed by atoms with Gasteiger partial charge in [-0.2, -0.15) is 5.26 Å². The van der Waals surface area contributed by atoms with E-state index < -0.39 is 57.9 Å². The summed E-state index contributed by atoms with van der Waals surface area (Å²) in [6.07, 6.45) is -4.88. The van der Waals surface area contributed by atoms with E-state index in [4.69, 9.17) is 5.26 Å². The van der Waals surface area contributed by atoms with E-state index in [0.29, 0.717) is 0 Å². The Labute approximate surface area is 181 Å². The van der Waals surface area contributed by atoms with Crippen molar-refractivity contribution in [1.82, 2.24) is 10.6 Å². The summed E-state index contributed by atoms with van der Waals surface area (Å²) in [7, 11) is -4.00. The molecule has 0 aromatic heterocycles. The fourth-order valence-electron chi connectivity index (χ4n) is 2.62. The molecule has 0 aliphatic carbocycles. The molecule has 2 N–H and O–H groups in total. The van der Waals surface area contributed by atoms with Crippen molar-refractivity contribution in [2.75, 3.05) is 12.3 Å². The summed E-state index contributed by atoms with van der Waals surface area (Å²) in [4.78, 5) is 24.7. The SMILES string of the molecule is N#CCNC(=O)C(CS(=O)(=O)Cc1ccc(OC(F)(F)F)cc1)NC(=O)c1ccccc1. The number of carbonyl (C=O) groups is 2. The van der Waals surface area contributed by atoms with Crippen molar-refractivity contribution >= 4 is 21.7 Å². The first kappa shape index (κ1) is 24.7. The molecule has 2 aromatic rings. The highest BCUT2D eigenvalue weighted by atomic mass is 32.2. The normalized spacial score (nSPS) is 12.3. The topological polar surface area (TPSA) is 125 Å². The number of amides is 2. The van der Waals surface area contributed by atoms with Crippen LogP contribution in [0.3, 0.4) is 0 Å². The van der Waals surface area contributed by atoms with Gasteiger partial charge in [0.05, 0.1) is 17.6 Å². The van der Waals surface area contributed by atoms with Crippen LogP contribution < -0.4 is 15.4 Å². The van der Waals surface area contributed by atoms with Gasteiger partial charge < -0.3 is 15.4 Å². The molecule has 0 radical (unpaired) electrons. The number of rotatable bonds is 9. The molecule has 2 amide bonds. The number of benzene rings is 2. The van der Waals surface area contributed by atoms with Crippen LogP contribution in [0, 0.1) is 11.3 Å². The van der Waals surface area contributed by atoms with Gasteiger partial charge in [0.2, 0.25) is 5.91 Å². The molecular formula is C20H18F3N3O5S. The number of ether oxygens (including phenoxy) is 1. The summed E-state index contributed by atoms with van der Waals surface area (Å²) in [5.41, 5.74) is 0.355. The highest BCUT2D eigenvalue weighted by Crippen LogP contribution is 2.23. The van der Waals surface area contributed by atoms with Crippen LogP contribution in [0.2, 0.25) is 0 Å². The summed E-state index contributed by atoms with van der Waals surface area (Å²) in [5, 5.41) is 13.2. The molecule has 0 saturated carbocycles. The first-order valence-electron chi connectivity index (χ1n) is 9.05. The van der Waals surface area contributed by atoms with Gasteiger partial charge in [-0.15, -0.1) is 13.2 Å². The second kappa shape index (κ2) is 10.6. The van der Waals surface area contributed by atoms with Crippen molar-refractivity contribution in [3.05, 3.63) is 65.7 Å². The number of sulfone groups is 1. The third-order valence-corrected chi connectivity index (χ3v) is 5.58. The molecule has 170 valence electrons. The van der Waals surface area contributed by atoms with Gasteiger partial charge in [-0.05, 0) is 29.8 Å². The van der Waals surface area contributed by atoms with Crippen molar-refractivity contribution in [2.45, 2.75) is 18.2 Å². The molecule has 0 bridgehead atoms. The zero-order chi connectivity index (χ0) is 23.8. The summed E-state index contributed by atoms with van der Waals surface area (Å²) in [6, 6.07) is 12.2. The lowest BCUT2D eigenvalue weighted by Gasteiger charge is -2.18. The fourth-order valence-corrected chi connectivity index (χ4v) is 4.18. The first-order valence-corrected chi connectivity index (χ1v) is 10.9. The van der Waals surface area contributed by atoms with E-state index in [1.807, 2.05) is 0 Å². The second-order valence-corrected chi connectivity index (χ2v) is 8.62. The molecule has 2 aromatic carbocycles. The molecule has 0 aliphatic rings. The molecule has 32 heavy (non-hydrogen) atoms. The van der Waals surface area contributed by atoms with Crippen LogP contribution in [0.4, 0.5) is 13.2 Å². The molecule has 8 nitrogen and oxygen atoms in total. The highest BCUT2D eigenvalue weighted by Gasteiger charge is 2.31. The van der Waals surface area contributed by atoms with Gasteiger partial charge in [-0.3, -0.25) is 9.59 Å². The maximum absolute atomic E-state index is 12.6. The van der Waals surface area contributed by atoms with E-state index in [1.165, 1.54) is 12.1 Å². The Morgan fingerprint density at radius 3 is 2.25 bits per heavy atom. The number of nitriles is 1. The molecule has 0 heterocycles. The molecule has 0 fully saturated rings. The zero-order valence-electron chi connectivity index (χ0n) is 16.4. The summed E-state index contributed by atoms with van der Waals surface area (Å²) in [5.74, 6) is -3.45. The Morgan fingerprint density at radius 2 is 1.69 bits per heavy atom. The highest BCUT2D eigenvalue weighted by molar-refractivity contribution is 7.90. The van der Waals surface area contributed by atoms with Crippen LogP contribution in [0.25, 0.3) is 0 Å². The molecule has 1 atom stereocenters. The maximum atomic E-state index is 12.6. The Morgan fingerprint density at radius 1 is 1.06 bits per heavy atom. The minimum Gasteiger partial charge on any atom is -0.406 e. The lowest BCUT2D eigenvalue weighted by molar-refractivity contribution is -0.274. The van der Waals surface area contributed by atoms with Crippen molar-refractivity contribution in [2.24, 2.45) is 0 Å². The predicted octanol–water partition coefficient (Wildman–Crippen LogP) is 1.94. The summed E-state index contributed by atoms with van der Waals surface area (Å²) < 4.78 is 65.7. The smallest absolute Gasteiger partial charge is 0.406 e. The third-order valence-electron chi connectivity index (χ3n) is 3.96. The molecule has 12 heteroatoms. The number of hydrogen-bond acceptors (Lipinski definition) is 6. The van der Waals surface area contributed by atoms with Crippen LogP contribution >= 0.6 is 0 Å². The molecule has 1 unspecified atom stereocenters. The fraction of sp³-hybridized carbons (Fsp3) is 0.250. The Bertz CT molecular complexity index is 1080. The molecule has 0 aliphatic heterocycles. The van der Waals surface area contributed by atoms with E-state index in [1.54, 1.807) is 24.3 Å². The summed E-state index contributed by atoms with van der Waals surface area (Å²) in [6.45, 7) is -0.392.